The van der Waals surface area contributed by atoms with Crippen LogP contribution in [-0.2, 0) is 13.2 Å². The van der Waals surface area contributed by atoms with E-state index in [-0.39, 0.29) is 6.61 Å². The number of aromatic nitrogens is 1. The van der Waals surface area contributed by atoms with E-state index in [4.69, 9.17) is 9.47 Å². The van der Waals surface area contributed by atoms with E-state index in [1.165, 1.54) is 0 Å². The Bertz CT molecular complexity index is 1140. The molecule has 4 rings (SSSR count). The molecule has 0 unspecified atom stereocenters. The van der Waals surface area contributed by atoms with Crippen molar-refractivity contribution in [1.29, 1.82) is 0 Å². The molecule has 0 amide bonds. The fourth-order valence-corrected chi connectivity index (χ4v) is 2.95. The maximum absolute atomic E-state index is 12.2. The van der Waals surface area contributed by atoms with Crippen molar-refractivity contribution in [1.82, 2.24) is 4.98 Å². The highest BCUT2D eigenvalue weighted by Crippen LogP contribution is 2.26. The molecular formula is C24H19NO4. The summed E-state index contributed by atoms with van der Waals surface area (Å²) in [5, 5.41) is 10.7. The third-order valence-corrected chi connectivity index (χ3v) is 4.46. The van der Waals surface area contributed by atoms with Gasteiger partial charge >= 0.3 is 5.97 Å². The van der Waals surface area contributed by atoms with Gasteiger partial charge in [0.1, 0.15) is 18.1 Å². The van der Waals surface area contributed by atoms with Crippen LogP contribution in [-0.4, -0.2) is 16.1 Å². The van der Waals surface area contributed by atoms with Crippen LogP contribution in [0.5, 0.6) is 11.5 Å². The van der Waals surface area contributed by atoms with Gasteiger partial charge in [0.15, 0.2) is 0 Å². The van der Waals surface area contributed by atoms with Crippen molar-refractivity contribution in [3.63, 3.8) is 0 Å². The van der Waals surface area contributed by atoms with E-state index in [0.717, 1.165) is 16.6 Å². The number of benzene rings is 3. The molecule has 4 aromatic rings. The average molecular weight is 385 g/mol. The predicted octanol–water partition coefficient (Wildman–Crippen LogP) is 4.53. The van der Waals surface area contributed by atoms with Crippen LogP contribution in [0.1, 0.15) is 21.6 Å². The smallest absolute Gasteiger partial charge is 0.343 e. The van der Waals surface area contributed by atoms with Gasteiger partial charge < -0.3 is 14.6 Å². The molecule has 29 heavy (non-hydrogen) atoms. The van der Waals surface area contributed by atoms with Gasteiger partial charge in [0.2, 0.25) is 0 Å². The first-order chi connectivity index (χ1) is 14.2. The molecule has 144 valence electrons. The molecule has 0 aliphatic heterocycles. The lowest BCUT2D eigenvalue weighted by atomic mass is 10.2. The summed E-state index contributed by atoms with van der Waals surface area (Å²) in [6.45, 7) is 0.0156. The van der Waals surface area contributed by atoms with E-state index >= 15 is 0 Å². The van der Waals surface area contributed by atoms with Crippen LogP contribution in [0.2, 0.25) is 0 Å². The molecule has 0 spiro atoms. The first-order valence-corrected chi connectivity index (χ1v) is 9.21. The summed E-state index contributed by atoms with van der Waals surface area (Å²) in [7, 11) is 0. The molecule has 0 aliphatic rings. The number of esters is 1. The number of carbonyl (C=O) groups is 1. The van der Waals surface area contributed by atoms with Crippen molar-refractivity contribution in [3.05, 3.63) is 102 Å². The molecule has 1 aromatic heterocycles. The van der Waals surface area contributed by atoms with Gasteiger partial charge in [0.05, 0.1) is 23.4 Å². The molecular weight excluding hydrogens is 366 g/mol. The topological polar surface area (TPSA) is 68.7 Å². The minimum absolute atomic E-state index is 0.275. The van der Waals surface area contributed by atoms with Crippen LogP contribution in [0.3, 0.4) is 0 Å². The van der Waals surface area contributed by atoms with Crippen molar-refractivity contribution in [2.75, 3.05) is 0 Å². The molecule has 0 saturated heterocycles. The number of aliphatic hydroxyl groups excluding tert-OH is 1. The van der Waals surface area contributed by atoms with Gasteiger partial charge in [-0.3, -0.25) is 0 Å². The molecule has 0 atom stereocenters. The first-order valence-electron chi connectivity index (χ1n) is 9.21. The predicted molar refractivity (Wildman–Crippen MR) is 110 cm³/mol. The Balaban J connectivity index is 1.46. The SMILES string of the molecule is O=C(Oc1ccc(OCc2ccc3ccccc3n2)cc1CO)c1ccccc1. The molecule has 0 radical (unpaired) electrons. The monoisotopic (exact) mass is 385 g/mol. The van der Waals surface area contributed by atoms with Crippen LogP contribution in [0.15, 0.2) is 84.9 Å². The molecule has 1 heterocycles. The highest BCUT2D eigenvalue weighted by Gasteiger charge is 2.12. The van der Waals surface area contributed by atoms with Gasteiger partial charge in [0.25, 0.3) is 0 Å². The third-order valence-electron chi connectivity index (χ3n) is 4.46. The standard InChI is InChI=1S/C24H19NO4/c26-15-19-14-21(12-13-23(19)29-24(27)18-7-2-1-3-8-18)28-16-20-11-10-17-6-4-5-9-22(17)25-20/h1-14,26H,15-16H2. The van der Waals surface area contributed by atoms with E-state index in [0.29, 0.717) is 29.2 Å². The Morgan fingerprint density at radius 1 is 0.897 bits per heavy atom. The molecule has 1 N–H and O–H groups in total. The number of rotatable bonds is 6. The molecule has 0 bridgehead atoms. The van der Waals surface area contributed by atoms with Gasteiger partial charge in [-0.2, -0.15) is 0 Å². The number of fused-ring (bicyclic) bond motifs is 1. The largest absolute Gasteiger partial charge is 0.487 e. The second-order valence-electron chi connectivity index (χ2n) is 6.47. The van der Waals surface area contributed by atoms with E-state index in [9.17, 15) is 9.90 Å². The lowest BCUT2D eigenvalue weighted by molar-refractivity contribution is 0.0731. The van der Waals surface area contributed by atoms with E-state index in [2.05, 4.69) is 4.98 Å². The van der Waals surface area contributed by atoms with E-state index < -0.39 is 5.97 Å². The molecule has 0 aliphatic carbocycles. The summed E-state index contributed by atoms with van der Waals surface area (Å²) in [6.07, 6.45) is 0. The lowest BCUT2D eigenvalue weighted by Crippen LogP contribution is -2.10. The van der Waals surface area contributed by atoms with Gasteiger partial charge in [-0.15, -0.1) is 0 Å². The summed E-state index contributed by atoms with van der Waals surface area (Å²) in [4.78, 5) is 16.8. The number of aliphatic hydroxyl groups is 1. The number of pyridine rings is 1. The zero-order valence-electron chi connectivity index (χ0n) is 15.6. The van der Waals surface area contributed by atoms with E-state index in [1.54, 1.807) is 42.5 Å². The van der Waals surface area contributed by atoms with Gasteiger partial charge in [0, 0.05) is 10.9 Å². The summed E-state index contributed by atoms with van der Waals surface area (Å²) in [6, 6.07) is 25.5. The minimum Gasteiger partial charge on any atom is -0.487 e. The Kier molecular flexibility index (Phi) is 5.49. The van der Waals surface area contributed by atoms with Crippen LogP contribution in [0.4, 0.5) is 0 Å². The number of ether oxygens (including phenoxy) is 2. The number of nitrogens with zero attached hydrogens (tertiary/aromatic N) is 1. The van der Waals surface area contributed by atoms with Gasteiger partial charge in [-0.25, -0.2) is 9.78 Å². The Morgan fingerprint density at radius 2 is 1.69 bits per heavy atom. The zero-order valence-corrected chi connectivity index (χ0v) is 15.6. The van der Waals surface area contributed by atoms with Crippen molar-refractivity contribution >= 4 is 16.9 Å². The highest BCUT2D eigenvalue weighted by molar-refractivity contribution is 5.91. The maximum Gasteiger partial charge on any atom is 0.343 e. The second-order valence-corrected chi connectivity index (χ2v) is 6.47. The highest BCUT2D eigenvalue weighted by atomic mass is 16.5. The molecule has 5 heteroatoms. The van der Waals surface area contributed by atoms with Crippen molar-refractivity contribution < 1.29 is 19.4 Å². The summed E-state index contributed by atoms with van der Waals surface area (Å²) >= 11 is 0. The van der Waals surface area contributed by atoms with Crippen molar-refractivity contribution in [3.8, 4) is 11.5 Å². The maximum atomic E-state index is 12.2. The summed E-state index contributed by atoms with van der Waals surface area (Å²) < 4.78 is 11.2. The Labute approximate surface area is 168 Å². The summed E-state index contributed by atoms with van der Waals surface area (Å²) in [5.41, 5.74) is 2.62. The summed E-state index contributed by atoms with van der Waals surface area (Å²) in [5.74, 6) is 0.385. The van der Waals surface area contributed by atoms with Gasteiger partial charge in [-0.1, -0.05) is 42.5 Å². The normalized spacial score (nSPS) is 10.7. The number of hydrogen-bond donors (Lipinski definition) is 1. The molecule has 3 aromatic carbocycles. The number of hydrogen-bond acceptors (Lipinski definition) is 5. The fraction of sp³-hybridized carbons (Fsp3) is 0.0833. The van der Waals surface area contributed by atoms with Gasteiger partial charge in [-0.05, 0) is 42.5 Å². The average Bonchev–Trinajstić information content (AvgIpc) is 2.78. The second kappa shape index (κ2) is 8.54. The van der Waals surface area contributed by atoms with Crippen LogP contribution >= 0.6 is 0 Å². The van der Waals surface area contributed by atoms with E-state index in [1.807, 2.05) is 42.5 Å². The molecule has 0 fully saturated rings. The fourth-order valence-electron chi connectivity index (χ4n) is 2.95. The van der Waals surface area contributed by atoms with Crippen molar-refractivity contribution in [2.45, 2.75) is 13.2 Å². The van der Waals surface area contributed by atoms with Crippen LogP contribution in [0, 0.1) is 0 Å². The van der Waals surface area contributed by atoms with Crippen LogP contribution in [0.25, 0.3) is 10.9 Å². The quantitative estimate of drug-likeness (QED) is 0.390. The third kappa shape index (κ3) is 4.42. The zero-order chi connectivity index (χ0) is 20.1. The number of para-hydroxylation sites is 1. The molecule has 0 saturated carbocycles. The first kappa shape index (κ1) is 18.7. The minimum atomic E-state index is -0.477. The Morgan fingerprint density at radius 3 is 2.52 bits per heavy atom. The van der Waals surface area contributed by atoms with Crippen molar-refractivity contribution in [2.24, 2.45) is 0 Å². The van der Waals surface area contributed by atoms with Crippen LogP contribution < -0.4 is 9.47 Å². The lowest BCUT2D eigenvalue weighted by Gasteiger charge is -2.12. The Hall–Kier alpha value is -3.70. The molecule has 5 nitrogen and oxygen atoms in total. The number of carbonyl (C=O) groups excluding carboxylic acids is 1.